The van der Waals surface area contributed by atoms with Gasteiger partial charge in [0.1, 0.15) is 6.61 Å². The van der Waals surface area contributed by atoms with E-state index < -0.39 is 0 Å². The molecule has 0 aliphatic rings. The van der Waals surface area contributed by atoms with E-state index in [1.54, 1.807) is 13.3 Å². The Morgan fingerprint density at radius 1 is 1.33 bits per heavy atom. The predicted molar refractivity (Wildman–Crippen MR) is 75.9 cm³/mol. The maximum absolute atomic E-state index is 5.60. The second-order valence-corrected chi connectivity index (χ2v) is 5.98. The van der Waals surface area contributed by atoms with E-state index in [1.165, 1.54) is 0 Å². The van der Waals surface area contributed by atoms with Crippen molar-refractivity contribution in [1.29, 1.82) is 0 Å². The molecule has 1 N–H and O–H groups in total. The molecule has 0 atom stereocenters. The Labute approximate surface area is 117 Å². The molecular formula is C13H21BrN2O2. The van der Waals surface area contributed by atoms with Crippen LogP contribution < -0.4 is 10.1 Å². The molecule has 18 heavy (non-hydrogen) atoms. The maximum Gasteiger partial charge on any atom is 0.217 e. The molecule has 0 bridgehead atoms. The quantitative estimate of drug-likeness (QED) is 0.820. The fraction of sp³-hybridized carbons (Fsp3) is 0.615. The zero-order valence-corrected chi connectivity index (χ0v) is 13.0. The molecule has 0 unspecified atom stereocenters. The lowest BCUT2D eigenvalue weighted by molar-refractivity contribution is 0.143. The minimum Gasteiger partial charge on any atom is -0.475 e. The molecule has 5 heteroatoms. The molecule has 0 aliphatic heterocycles. The van der Waals surface area contributed by atoms with Crippen molar-refractivity contribution < 1.29 is 9.47 Å². The van der Waals surface area contributed by atoms with Gasteiger partial charge in [0.05, 0.1) is 6.61 Å². The fourth-order valence-electron chi connectivity index (χ4n) is 1.31. The average Bonchev–Trinajstić information content (AvgIpc) is 2.28. The number of pyridine rings is 1. The zero-order valence-electron chi connectivity index (χ0n) is 11.4. The minimum absolute atomic E-state index is 0.0616. The first-order valence-corrected chi connectivity index (χ1v) is 6.73. The Balaban J connectivity index is 2.70. The summed E-state index contributed by atoms with van der Waals surface area (Å²) in [5.41, 5.74) is 1.10. The third-order valence-corrected chi connectivity index (χ3v) is 2.66. The number of halogens is 1. The highest BCUT2D eigenvalue weighted by Crippen LogP contribution is 2.20. The van der Waals surface area contributed by atoms with Crippen LogP contribution in [0.5, 0.6) is 5.88 Å². The highest BCUT2D eigenvalue weighted by Gasteiger charge is 2.12. The number of nitrogens with zero attached hydrogens (tertiary/aromatic N) is 1. The van der Waals surface area contributed by atoms with Crippen molar-refractivity contribution in [2.24, 2.45) is 0 Å². The Hall–Kier alpha value is -0.650. The number of nitrogens with one attached hydrogen (secondary N) is 1. The van der Waals surface area contributed by atoms with Gasteiger partial charge in [-0.2, -0.15) is 0 Å². The third kappa shape index (κ3) is 5.80. The highest BCUT2D eigenvalue weighted by molar-refractivity contribution is 9.10. The highest BCUT2D eigenvalue weighted by atomic mass is 79.9. The Morgan fingerprint density at radius 2 is 2.06 bits per heavy atom. The van der Waals surface area contributed by atoms with Gasteiger partial charge in [0.15, 0.2) is 0 Å². The van der Waals surface area contributed by atoms with Gasteiger partial charge < -0.3 is 14.8 Å². The van der Waals surface area contributed by atoms with Gasteiger partial charge in [-0.3, -0.25) is 0 Å². The smallest absolute Gasteiger partial charge is 0.217 e. The number of hydrogen-bond acceptors (Lipinski definition) is 4. The molecule has 0 amide bonds. The molecule has 1 rings (SSSR count). The summed E-state index contributed by atoms with van der Waals surface area (Å²) in [7, 11) is 1.65. The van der Waals surface area contributed by atoms with E-state index in [2.05, 4.69) is 47.0 Å². The van der Waals surface area contributed by atoms with Crippen LogP contribution in [0.25, 0.3) is 0 Å². The predicted octanol–water partition coefficient (Wildman–Crippen LogP) is 2.76. The number of methoxy groups -OCH3 is 1. The lowest BCUT2D eigenvalue weighted by atomic mass is 10.1. The summed E-state index contributed by atoms with van der Waals surface area (Å²) in [6.45, 7) is 8.17. The Kier molecular flexibility index (Phi) is 6.05. The average molecular weight is 317 g/mol. The standard InChI is InChI=1S/C13H21BrN2O2/c1-13(2,3)16-8-10-7-11(14)9-15-12(10)18-6-5-17-4/h7,9,16H,5-6,8H2,1-4H3. The van der Waals surface area contributed by atoms with E-state index >= 15 is 0 Å². The number of hydrogen-bond donors (Lipinski definition) is 1. The van der Waals surface area contributed by atoms with Gasteiger partial charge in [0.2, 0.25) is 5.88 Å². The van der Waals surface area contributed by atoms with Crippen molar-refractivity contribution in [3.8, 4) is 5.88 Å². The molecule has 1 heterocycles. The largest absolute Gasteiger partial charge is 0.475 e. The molecule has 0 saturated heterocycles. The van der Waals surface area contributed by atoms with Crippen LogP contribution in [0, 0.1) is 0 Å². The van der Waals surface area contributed by atoms with Crippen LogP contribution in [0.4, 0.5) is 0 Å². The molecule has 1 aromatic rings. The lowest BCUT2D eigenvalue weighted by Gasteiger charge is -2.21. The minimum atomic E-state index is 0.0616. The number of rotatable bonds is 6. The zero-order chi connectivity index (χ0) is 13.6. The van der Waals surface area contributed by atoms with Crippen LogP contribution in [0.2, 0.25) is 0 Å². The first kappa shape index (κ1) is 15.4. The van der Waals surface area contributed by atoms with E-state index in [9.17, 15) is 0 Å². The van der Waals surface area contributed by atoms with Crippen molar-refractivity contribution in [2.75, 3.05) is 20.3 Å². The summed E-state index contributed by atoms with van der Waals surface area (Å²) in [5.74, 6) is 0.659. The number of aromatic nitrogens is 1. The summed E-state index contributed by atoms with van der Waals surface area (Å²) in [6.07, 6.45) is 1.74. The SMILES string of the molecule is COCCOc1ncc(Br)cc1CNC(C)(C)C. The molecule has 0 fully saturated rings. The van der Waals surface area contributed by atoms with Gasteiger partial charge in [0.25, 0.3) is 0 Å². The first-order valence-electron chi connectivity index (χ1n) is 5.93. The molecular weight excluding hydrogens is 296 g/mol. The lowest BCUT2D eigenvalue weighted by Crippen LogP contribution is -2.35. The molecule has 102 valence electrons. The van der Waals surface area contributed by atoms with Crippen LogP contribution in [0.15, 0.2) is 16.7 Å². The number of ether oxygens (including phenoxy) is 2. The van der Waals surface area contributed by atoms with Gasteiger partial charge >= 0.3 is 0 Å². The summed E-state index contributed by atoms with van der Waals surface area (Å²) in [4.78, 5) is 4.29. The molecule has 4 nitrogen and oxygen atoms in total. The van der Waals surface area contributed by atoms with Crippen LogP contribution in [-0.4, -0.2) is 30.8 Å². The van der Waals surface area contributed by atoms with E-state index in [1.807, 2.05) is 6.07 Å². The molecule has 0 saturated carbocycles. The first-order chi connectivity index (χ1) is 8.42. The third-order valence-electron chi connectivity index (χ3n) is 2.23. The van der Waals surface area contributed by atoms with Crippen LogP contribution in [0.3, 0.4) is 0 Å². The second kappa shape index (κ2) is 7.07. The molecule has 0 aromatic carbocycles. The fourth-order valence-corrected chi connectivity index (χ4v) is 1.69. The Morgan fingerprint density at radius 3 is 2.67 bits per heavy atom. The van der Waals surface area contributed by atoms with E-state index in [0.29, 0.717) is 19.1 Å². The van der Waals surface area contributed by atoms with Crippen molar-refractivity contribution in [3.63, 3.8) is 0 Å². The monoisotopic (exact) mass is 316 g/mol. The van der Waals surface area contributed by atoms with Crippen molar-refractivity contribution in [1.82, 2.24) is 10.3 Å². The van der Waals surface area contributed by atoms with Crippen molar-refractivity contribution in [3.05, 3.63) is 22.3 Å². The molecule has 1 aromatic heterocycles. The van der Waals surface area contributed by atoms with E-state index in [0.717, 1.165) is 16.6 Å². The summed E-state index contributed by atoms with van der Waals surface area (Å²) in [6, 6.07) is 2.02. The normalized spacial score (nSPS) is 11.6. The molecule has 0 spiro atoms. The van der Waals surface area contributed by atoms with E-state index in [-0.39, 0.29) is 5.54 Å². The summed E-state index contributed by atoms with van der Waals surface area (Å²) >= 11 is 3.43. The van der Waals surface area contributed by atoms with Gasteiger partial charge in [0, 0.05) is 35.4 Å². The van der Waals surface area contributed by atoms with Crippen molar-refractivity contribution in [2.45, 2.75) is 32.9 Å². The summed E-state index contributed by atoms with van der Waals surface area (Å²) < 4.78 is 11.5. The van der Waals surface area contributed by atoms with Crippen LogP contribution in [0.1, 0.15) is 26.3 Å². The van der Waals surface area contributed by atoms with Gasteiger partial charge in [-0.05, 0) is 42.8 Å². The van der Waals surface area contributed by atoms with Crippen LogP contribution >= 0.6 is 15.9 Å². The maximum atomic E-state index is 5.60. The van der Waals surface area contributed by atoms with Gasteiger partial charge in [-0.25, -0.2) is 4.98 Å². The van der Waals surface area contributed by atoms with E-state index in [4.69, 9.17) is 9.47 Å². The molecule has 0 aliphatic carbocycles. The van der Waals surface area contributed by atoms with Crippen LogP contribution in [-0.2, 0) is 11.3 Å². The topological polar surface area (TPSA) is 43.4 Å². The van der Waals surface area contributed by atoms with Crippen molar-refractivity contribution >= 4 is 15.9 Å². The Bertz CT molecular complexity index is 378. The summed E-state index contributed by atoms with van der Waals surface area (Å²) in [5, 5.41) is 3.42. The van der Waals surface area contributed by atoms with Gasteiger partial charge in [-0.1, -0.05) is 0 Å². The second-order valence-electron chi connectivity index (χ2n) is 5.06. The molecule has 0 radical (unpaired) electrons. The van der Waals surface area contributed by atoms with Gasteiger partial charge in [-0.15, -0.1) is 0 Å².